The van der Waals surface area contributed by atoms with Crippen molar-refractivity contribution >= 4 is 17.0 Å². The normalized spacial score (nSPS) is 20.6. The van der Waals surface area contributed by atoms with Crippen LogP contribution in [0.4, 0.5) is 5.82 Å². The summed E-state index contributed by atoms with van der Waals surface area (Å²) in [6.07, 6.45) is 4.50. The van der Waals surface area contributed by atoms with Gasteiger partial charge in [0.2, 0.25) is 0 Å². The average molecular weight is 218 g/mol. The second kappa shape index (κ2) is 3.71. The van der Waals surface area contributed by atoms with Crippen LogP contribution in [-0.4, -0.2) is 32.6 Å². The SMILES string of the molecule is Nc1ncnc2c1ncn2CC1CCNC1. The highest BCUT2D eigenvalue weighted by Crippen LogP contribution is 2.17. The van der Waals surface area contributed by atoms with Gasteiger partial charge in [0.25, 0.3) is 0 Å². The summed E-state index contributed by atoms with van der Waals surface area (Å²) >= 11 is 0. The number of nitrogens with two attached hydrogens (primary N) is 1. The summed E-state index contributed by atoms with van der Waals surface area (Å²) in [5.41, 5.74) is 7.27. The lowest BCUT2D eigenvalue weighted by Crippen LogP contribution is -2.14. The molecule has 6 heteroatoms. The lowest BCUT2D eigenvalue weighted by molar-refractivity contribution is 0.487. The molecular formula is C10H14N6. The van der Waals surface area contributed by atoms with E-state index in [4.69, 9.17) is 5.73 Å². The number of nitrogen functional groups attached to an aromatic ring is 1. The Morgan fingerprint density at radius 3 is 3.19 bits per heavy atom. The first kappa shape index (κ1) is 9.53. The molecule has 3 N–H and O–H groups in total. The largest absolute Gasteiger partial charge is 0.382 e. The fourth-order valence-corrected chi connectivity index (χ4v) is 2.18. The first-order chi connectivity index (χ1) is 7.84. The lowest BCUT2D eigenvalue weighted by atomic mass is 10.1. The van der Waals surface area contributed by atoms with Crippen molar-refractivity contribution in [1.82, 2.24) is 24.8 Å². The Bertz CT molecular complexity index is 499. The van der Waals surface area contributed by atoms with Crippen LogP contribution in [-0.2, 0) is 6.54 Å². The number of nitrogens with one attached hydrogen (secondary N) is 1. The lowest BCUT2D eigenvalue weighted by Gasteiger charge is -2.09. The van der Waals surface area contributed by atoms with Crippen molar-refractivity contribution in [2.24, 2.45) is 5.92 Å². The fourth-order valence-electron chi connectivity index (χ4n) is 2.18. The molecular weight excluding hydrogens is 204 g/mol. The minimum atomic E-state index is 0.452. The highest BCUT2D eigenvalue weighted by Gasteiger charge is 2.16. The molecule has 0 radical (unpaired) electrons. The van der Waals surface area contributed by atoms with Crippen LogP contribution < -0.4 is 11.1 Å². The van der Waals surface area contributed by atoms with Gasteiger partial charge in [-0.25, -0.2) is 15.0 Å². The van der Waals surface area contributed by atoms with Crippen molar-refractivity contribution in [2.45, 2.75) is 13.0 Å². The molecule has 1 aliphatic rings. The monoisotopic (exact) mass is 218 g/mol. The molecule has 0 saturated carbocycles. The Morgan fingerprint density at radius 2 is 2.38 bits per heavy atom. The summed E-state index contributed by atoms with van der Waals surface area (Å²) in [6.45, 7) is 3.12. The number of rotatable bonds is 2. The van der Waals surface area contributed by atoms with Crippen LogP contribution in [0.15, 0.2) is 12.7 Å². The zero-order valence-electron chi connectivity index (χ0n) is 8.93. The second-order valence-corrected chi connectivity index (χ2v) is 4.19. The van der Waals surface area contributed by atoms with Crippen molar-refractivity contribution in [2.75, 3.05) is 18.8 Å². The molecule has 3 rings (SSSR count). The molecule has 16 heavy (non-hydrogen) atoms. The summed E-state index contributed by atoms with van der Waals surface area (Å²) in [5, 5.41) is 3.35. The third kappa shape index (κ3) is 1.51. The Hall–Kier alpha value is -1.69. The van der Waals surface area contributed by atoms with E-state index in [1.54, 1.807) is 6.33 Å². The fraction of sp³-hybridized carbons (Fsp3) is 0.500. The molecule has 1 atom stereocenters. The number of anilines is 1. The molecule has 0 spiro atoms. The number of fused-ring (bicyclic) bond motifs is 1. The summed E-state index contributed by atoms with van der Waals surface area (Å²) < 4.78 is 2.06. The molecule has 3 heterocycles. The first-order valence-electron chi connectivity index (χ1n) is 5.46. The van der Waals surface area contributed by atoms with Gasteiger partial charge < -0.3 is 15.6 Å². The predicted octanol–water partition coefficient (Wildman–Crippen LogP) is 0.0180. The van der Waals surface area contributed by atoms with Crippen LogP contribution in [0.2, 0.25) is 0 Å². The van der Waals surface area contributed by atoms with E-state index in [1.165, 1.54) is 12.7 Å². The highest BCUT2D eigenvalue weighted by atomic mass is 15.1. The Labute approximate surface area is 92.9 Å². The summed E-state index contributed by atoms with van der Waals surface area (Å²) in [7, 11) is 0. The van der Waals surface area contributed by atoms with Crippen molar-refractivity contribution in [1.29, 1.82) is 0 Å². The maximum atomic E-state index is 5.74. The first-order valence-corrected chi connectivity index (χ1v) is 5.46. The maximum Gasteiger partial charge on any atom is 0.165 e. The standard InChI is InChI=1S/C10H14N6/c11-9-8-10(14-5-13-9)16(6-15-8)4-7-1-2-12-3-7/h5-7,12H,1-4H2,(H2,11,13,14). The van der Waals surface area contributed by atoms with Gasteiger partial charge in [-0.3, -0.25) is 0 Å². The number of hydrogen-bond acceptors (Lipinski definition) is 5. The van der Waals surface area contributed by atoms with Crippen LogP contribution >= 0.6 is 0 Å². The van der Waals surface area contributed by atoms with E-state index < -0.39 is 0 Å². The molecule has 0 aliphatic carbocycles. The third-order valence-corrected chi connectivity index (χ3v) is 3.05. The minimum Gasteiger partial charge on any atom is -0.382 e. The highest BCUT2D eigenvalue weighted by molar-refractivity contribution is 5.81. The zero-order valence-corrected chi connectivity index (χ0v) is 8.93. The van der Waals surface area contributed by atoms with Gasteiger partial charge in [-0.1, -0.05) is 0 Å². The molecule has 2 aromatic rings. The smallest absolute Gasteiger partial charge is 0.165 e. The van der Waals surface area contributed by atoms with Gasteiger partial charge in [-0.2, -0.15) is 0 Å². The Balaban J connectivity index is 1.94. The van der Waals surface area contributed by atoms with Crippen molar-refractivity contribution in [3.05, 3.63) is 12.7 Å². The molecule has 0 amide bonds. The van der Waals surface area contributed by atoms with Gasteiger partial charge in [0, 0.05) is 6.54 Å². The molecule has 1 unspecified atom stereocenters. The summed E-state index contributed by atoms with van der Waals surface area (Å²) in [4.78, 5) is 12.4. The molecule has 0 aromatic carbocycles. The van der Waals surface area contributed by atoms with Gasteiger partial charge in [0.15, 0.2) is 11.5 Å². The van der Waals surface area contributed by atoms with Crippen molar-refractivity contribution < 1.29 is 0 Å². The van der Waals surface area contributed by atoms with Crippen LogP contribution in [0.25, 0.3) is 11.2 Å². The van der Waals surface area contributed by atoms with Crippen LogP contribution in [0.5, 0.6) is 0 Å². The quantitative estimate of drug-likeness (QED) is 0.742. The van der Waals surface area contributed by atoms with Crippen LogP contribution in [0.1, 0.15) is 6.42 Å². The number of nitrogens with zero attached hydrogens (tertiary/aromatic N) is 4. The number of imidazole rings is 1. The van der Waals surface area contributed by atoms with Crippen molar-refractivity contribution in [3.63, 3.8) is 0 Å². The van der Waals surface area contributed by atoms with E-state index in [0.29, 0.717) is 17.3 Å². The van der Waals surface area contributed by atoms with E-state index in [2.05, 4.69) is 24.8 Å². The minimum absolute atomic E-state index is 0.452. The van der Waals surface area contributed by atoms with Gasteiger partial charge >= 0.3 is 0 Å². The van der Waals surface area contributed by atoms with E-state index >= 15 is 0 Å². The Kier molecular flexibility index (Phi) is 2.21. The maximum absolute atomic E-state index is 5.74. The third-order valence-electron chi connectivity index (χ3n) is 3.05. The van der Waals surface area contributed by atoms with Gasteiger partial charge in [-0.15, -0.1) is 0 Å². The second-order valence-electron chi connectivity index (χ2n) is 4.19. The van der Waals surface area contributed by atoms with Gasteiger partial charge in [-0.05, 0) is 25.4 Å². The molecule has 0 bridgehead atoms. The zero-order chi connectivity index (χ0) is 11.0. The van der Waals surface area contributed by atoms with Gasteiger partial charge in [0.1, 0.15) is 11.8 Å². The van der Waals surface area contributed by atoms with E-state index in [-0.39, 0.29) is 0 Å². The molecule has 84 valence electrons. The van der Waals surface area contributed by atoms with E-state index in [1.807, 2.05) is 0 Å². The molecule has 1 saturated heterocycles. The molecule has 6 nitrogen and oxygen atoms in total. The number of hydrogen-bond donors (Lipinski definition) is 2. The topological polar surface area (TPSA) is 81.7 Å². The molecule has 2 aromatic heterocycles. The number of aromatic nitrogens is 4. The average Bonchev–Trinajstić information content (AvgIpc) is 2.90. The molecule has 1 fully saturated rings. The van der Waals surface area contributed by atoms with Crippen LogP contribution in [0, 0.1) is 5.92 Å². The van der Waals surface area contributed by atoms with E-state index in [9.17, 15) is 0 Å². The van der Waals surface area contributed by atoms with Crippen molar-refractivity contribution in [3.8, 4) is 0 Å². The Morgan fingerprint density at radius 1 is 1.44 bits per heavy atom. The summed E-state index contributed by atoms with van der Waals surface area (Å²) in [5.74, 6) is 1.11. The predicted molar refractivity (Wildman–Crippen MR) is 60.7 cm³/mol. The van der Waals surface area contributed by atoms with E-state index in [0.717, 1.165) is 25.3 Å². The van der Waals surface area contributed by atoms with Crippen LogP contribution in [0.3, 0.4) is 0 Å². The molecule has 1 aliphatic heterocycles. The summed E-state index contributed by atoms with van der Waals surface area (Å²) in [6, 6.07) is 0. The van der Waals surface area contributed by atoms with Gasteiger partial charge in [0.05, 0.1) is 6.33 Å².